The first-order chi connectivity index (χ1) is 21.6. The second kappa shape index (κ2) is 13.3. The number of sulfonamides is 1. The predicted octanol–water partition coefficient (Wildman–Crippen LogP) is 5.77. The number of amides is 1. The molecule has 2 bridgehead atoms. The number of nitrogens with zero attached hydrogens (tertiary/aromatic N) is 1. The van der Waals surface area contributed by atoms with E-state index in [1.54, 1.807) is 13.2 Å². The molecule has 2 aromatic carbocycles. The van der Waals surface area contributed by atoms with Crippen molar-refractivity contribution in [2.45, 2.75) is 57.5 Å². The summed E-state index contributed by atoms with van der Waals surface area (Å²) < 4.78 is 46.9. The van der Waals surface area contributed by atoms with Crippen LogP contribution in [0.1, 0.15) is 61.0 Å². The van der Waals surface area contributed by atoms with E-state index in [1.165, 1.54) is 11.1 Å². The lowest BCUT2D eigenvalue weighted by atomic mass is 9.68. The van der Waals surface area contributed by atoms with Crippen molar-refractivity contribution in [1.29, 1.82) is 0 Å². The summed E-state index contributed by atoms with van der Waals surface area (Å²) >= 11 is 6.43. The highest BCUT2D eigenvalue weighted by atomic mass is 35.5. The fourth-order valence-electron chi connectivity index (χ4n) is 7.60. The summed E-state index contributed by atoms with van der Waals surface area (Å²) in [5.41, 5.74) is 3.42. The third-order valence-electron chi connectivity index (χ3n) is 10.5. The number of aryl methyl sites for hydroxylation is 1. The monoisotopic (exact) mass is 656 g/mol. The Morgan fingerprint density at radius 3 is 2.73 bits per heavy atom. The number of ether oxygens (including phenoxy) is 3. The number of carbonyl (C=O) groups excluding carboxylic acids is 1. The number of methoxy groups -OCH3 is 1. The minimum atomic E-state index is -3.87. The van der Waals surface area contributed by atoms with E-state index in [-0.39, 0.29) is 29.1 Å². The topological polar surface area (TPSA) is 94.2 Å². The average molecular weight is 657 g/mol. The lowest BCUT2D eigenvalue weighted by Gasteiger charge is -2.46. The zero-order valence-corrected chi connectivity index (χ0v) is 28.0. The highest BCUT2D eigenvalue weighted by molar-refractivity contribution is 7.90. The molecule has 0 saturated heterocycles. The lowest BCUT2D eigenvalue weighted by molar-refractivity contribution is -0.0311. The molecule has 0 aromatic heterocycles. The van der Waals surface area contributed by atoms with Crippen molar-refractivity contribution in [3.8, 4) is 5.75 Å². The van der Waals surface area contributed by atoms with Crippen molar-refractivity contribution in [3.63, 3.8) is 0 Å². The summed E-state index contributed by atoms with van der Waals surface area (Å²) in [5.74, 6) is 0.394. The zero-order valence-electron chi connectivity index (χ0n) is 26.5. The first kappa shape index (κ1) is 32.4. The third-order valence-corrected chi connectivity index (χ3v) is 12.2. The maximum Gasteiger partial charge on any atom is 0.264 e. The molecule has 2 aliphatic carbocycles. The highest BCUT2D eigenvalue weighted by Gasteiger charge is 2.44. The summed E-state index contributed by atoms with van der Waals surface area (Å²) in [4.78, 5) is 15.8. The van der Waals surface area contributed by atoms with Gasteiger partial charge in [-0.15, -0.1) is 0 Å². The van der Waals surface area contributed by atoms with Crippen LogP contribution in [0.2, 0.25) is 5.02 Å². The van der Waals surface area contributed by atoms with Crippen LogP contribution >= 0.6 is 11.6 Å². The Morgan fingerprint density at radius 1 is 1.11 bits per heavy atom. The Hall–Kier alpha value is -2.59. The van der Waals surface area contributed by atoms with E-state index in [0.717, 1.165) is 55.9 Å². The predicted molar refractivity (Wildman–Crippen MR) is 177 cm³/mol. The van der Waals surface area contributed by atoms with E-state index >= 15 is 0 Å². The van der Waals surface area contributed by atoms with E-state index in [4.69, 9.17) is 25.8 Å². The Balaban J connectivity index is 1.41. The summed E-state index contributed by atoms with van der Waals surface area (Å²) in [6.45, 7) is 6.94. The summed E-state index contributed by atoms with van der Waals surface area (Å²) in [5, 5.41) is 0.743. The number of benzene rings is 2. The molecule has 0 unspecified atom stereocenters. The number of hydrogen-bond donors (Lipinski definition) is 1. The highest BCUT2D eigenvalue weighted by Crippen LogP contribution is 2.47. The fourth-order valence-corrected chi connectivity index (χ4v) is 9.27. The van der Waals surface area contributed by atoms with Crippen LogP contribution in [0.4, 0.5) is 5.69 Å². The second-order valence-electron chi connectivity index (χ2n) is 13.6. The van der Waals surface area contributed by atoms with Gasteiger partial charge in [0.15, 0.2) is 0 Å². The minimum Gasteiger partial charge on any atom is -0.490 e. The fraction of sp³-hybridized carbons (Fsp3) is 0.571. The van der Waals surface area contributed by atoms with E-state index < -0.39 is 15.9 Å². The normalized spacial score (nSPS) is 31.9. The van der Waals surface area contributed by atoms with Gasteiger partial charge in [0.1, 0.15) is 5.75 Å². The third kappa shape index (κ3) is 6.92. The summed E-state index contributed by atoms with van der Waals surface area (Å²) in [6.07, 6.45) is 9.25. The van der Waals surface area contributed by atoms with Crippen LogP contribution in [0.3, 0.4) is 0 Å². The average Bonchev–Trinajstić information content (AvgIpc) is 3.13. The molecule has 1 N–H and O–H groups in total. The van der Waals surface area contributed by atoms with Crippen molar-refractivity contribution in [2.24, 2.45) is 23.7 Å². The molecule has 1 spiro atoms. The van der Waals surface area contributed by atoms with Crippen LogP contribution in [0.15, 0.2) is 48.6 Å². The van der Waals surface area contributed by atoms with Crippen LogP contribution in [0.5, 0.6) is 5.75 Å². The summed E-state index contributed by atoms with van der Waals surface area (Å²) in [6, 6.07) is 11.5. The van der Waals surface area contributed by atoms with E-state index in [1.807, 2.05) is 32.0 Å². The Labute approximate surface area is 272 Å². The van der Waals surface area contributed by atoms with Gasteiger partial charge in [-0.2, -0.15) is 0 Å². The van der Waals surface area contributed by atoms with Crippen molar-refractivity contribution in [2.75, 3.05) is 50.7 Å². The van der Waals surface area contributed by atoms with Gasteiger partial charge >= 0.3 is 0 Å². The molecule has 4 aliphatic rings. The molecule has 8 nitrogen and oxygen atoms in total. The number of rotatable bonds is 4. The maximum atomic E-state index is 13.4. The van der Waals surface area contributed by atoms with Gasteiger partial charge in [0.05, 0.1) is 37.4 Å². The van der Waals surface area contributed by atoms with Crippen LogP contribution in [-0.4, -0.2) is 66.2 Å². The molecule has 6 atom stereocenters. The van der Waals surface area contributed by atoms with Gasteiger partial charge in [-0.1, -0.05) is 43.7 Å². The molecule has 2 heterocycles. The van der Waals surface area contributed by atoms with Crippen molar-refractivity contribution in [1.82, 2.24) is 4.72 Å². The van der Waals surface area contributed by atoms with Gasteiger partial charge in [-0.05, 0) is 97.2 Å². The van der Waals surface area contributed by atoms with Crippen LogP contribution in [0.25, 0.3) is 0 Å². The second-order valence-corrected chi connectivity index (χ2v) is 15.8. The Bertz CT molecular complexity index is 1550. The van der Waals surface area contributed by atoms with Crippen molar-refractivity contribution in [3.05, 3.63) is 70.3 Å². The molecule has 0 radical (unpaired) electrons. The molecule has 1 fully saturated rings. The van der Waals surface area contributed by atoms with E-state index in [9.17, 15) is 13.2 Å². The first-order valence-electron chi connectivity index (χ1n) is 16.2. The van der Waals surface area contributed by atoms with Gasteiger partial charge in [0, 0.05) is 36.2 Å². The number of halogens is 1. The van der Waals surface area contributed by atoms with Gasteiger partial charge < -0.3 is 19.1 Å². The number of allylic oxidation sites excluding steroid dienone is 1. The zero-order chi connectivity index (χ0) is 31.8. The Morgan fingerprint density at radius 2 is 1.96 bits per heavy atom. The van der Waals surface area contributed by atoms with Crippen LogP contribution in [0, 0.1) is 23.7 Å². The largest absolute Gasteiger partial charge is 0.490 e. The smallest absolute Gasteiger partial charge is 0.264 e. The molecule has 45 heavy (non-hydrogen) atoms. The quantitative estimate of drug-likeness (QED) is 0.330. The molecular formula is C35H45ClN2O6S. The van der Waals surface area contributed by atoms with Crippen LogP contribution < -0.4 is 14.4 Å². The Kier molecular flexibility index (Phi) is 9.53. The number of anilines is 1. The molecule has 2 aromatic rings. The molecule has 10 heteroatoms. The number of nitrogens with one attached hydrogen (secondary N) is 1. The molecule has 6 rings (SSSR count). The number of hydrogen-bond acceptors (Lipinski definition) is 7. The standard InChI is InChI=1S/C35H45ClN2O6S/c1-23-6-12-32(43-16-15-42-3)29-10-7-27(29)19-38-21-35(14-4-5-25-17-28(36)9-11-30(25)35)22-44-33-13-8-26(18-31(33)38)34(39)37-45(40,41)20-24(23)2/h6,8-9,11-13,17-18,23-24,27,29,32H,4-5,7,10,14-16,19-22H2,1-3H3,(H,37,39)/b12-6+/t23-,24+,27-,29+,32-,35-/m0/s1. The molecule has 1 amide bonds. The number of fused-ring (bicyclic) bond motifs is 4. The van der Waals surface area contributed by atoms with E-state index in [0.29, 0.717) is 43.0 Å². The SMILES string of the molecule is COCCO[C@H]1/C=C/[C@H](C)[C@H](C)CS(=O)(=O)NC(=O)c2ccc3c(c2)N(C[C@@H]2CC[C@H]21)C[C@@]1(CCCc2cc(Cl)ccc21)CO3. The minimum absolute atomic E-state index is 0.0231. The maximum absolute atomic E-state index is 13.4. The van der Waals surface area contributed by atoms with Crippen LogP contribution in [-0.2, 0) is 31.3 Å². The van der Waals surface area contributed by atoms with Crippen molar-refractivity contribution < 1.29 is 27.4 Å². The lowest BCUT2D eigenvalue weighted by Crippen LogP contribution is -2.49. The molecular weight excluding hydrogens is 612 g/mol. The summed E-state index contributed by atoms with van der Waals surface area (Å²) in [7, 11) is -2.19. The number of carbonyl (C=O) groups is 1. The van der Waals surface area contributed by atoms with Gasteiger partial charge in [0.25, 0.3) is 5.91 Å². The van der Waals surface area contributed by atoms with Gasteiger partial charge in [0.2, 0.25) is 10.0 Å². The molecule has 244 valence electrons. The van der Waals surface area contributed by atoms with Crippen molar-refractivity contribution >= 4 is 33.2 Å². The molecule has 1 saturated carbocycles. The van der Waals surface area contributed by atoms with E-state index in [2.05, 4.69) is 33.9 Å². The first-order valence-corrected chi connectivity index (χ1v) is 18.2. The van der Waals surface area contributed by atoms with Gasteiger partial charge in [-0.25, -0.2) is 13.1 Å². The molecule has 2 aliphatic heterocycles. The van der Waals surface area contributed by atoms with Gasteiger partial charge in [-0.3, -0.25) is 4.79 Å².